The molecule has 9 N–H and O–H groups in total. The summed E-state index contributed by atoms with van der Waals surface area (Å²) >= 11 is 3.71. The smallest absolute Gasteiger partial charge is 0.415 e. The molecule has 1 aromatic heterocycles. The highest BCUT2D eigenvalue weighted by atomic mass is 79.9. The van der Waals surface area contributed by atoms with Crippen LogP contribution in [0.5, 0.6) is 5.75 Å². The van der Waals surface area contributed by atoms with Crippen molar-refractivity contribution >= 4 is 102 Å². The van der Waals surface area contributed by atoms with Crippen molar-refractivity contribution < 1.29 is 52.6 Å². The number of aromatic amines is 1. The number of fused-ring (bicyclic) bond motifs is 6. The zero-order chi connectivity index (χ0) is 66.3. The first-order chi connectivity index (χ1) is 44.0. The van der Waals surface area contributed by atoms with Gasteiger partial charge in [0.2, 0.25) is 29.5 Å². The molecule has 0 saturated carbocycles. The van der Waals surface area contributed by atoms with Crippen LogP contribution in [-0.4, -0.2) is 170 Å². The van der Waals surface area contributed by atoms with Gasteiger partial charge in [-0.25, -0.2) is 9.59 Å². The predicted octanol–water partition coefficient (Wildman–Crippen LogP) is 7.74. The molecular weight excluding hydrogens is 1240 g/mol. The first-order valence-corrected chi connectivity index (χ1v) is 33.0. The van der Waals surface area contributed by atoms with Gasteiger partial charge >= 0.3 is 12.2 Å². The van der Waals surface area contributed by atoms with Gasteiger partial charge in [0.05, 0.1) is 23.0 Å². The van der Waals surface area contributed by atoms with Crippen molar-refractivity contribution in [1.82, 2.24) is 41.4 Å². The second kappa shape index (κ2) is 32.1. The molecule has 24 heteroatoms. The van der Waals surface area contributed by atoms with Gasteiger partial charge in [-0.1, -0.05) is 72.3 Å². The van der Waals surface area contributed by atoms with E-state index in [4.69, 9.17) is 19.9 Å². The van der Waals surface area contributed by atoms with E-state index in [1.807, 2.05) is 97.1 Å². The van der Waals surface area contributed by atoms with Crippen LogP contribution < -0.4 is 52.2 Å². The fraction of sp³-hybridized carbons (Fsp3) is 0.500. The van der Waals surface area contributed by atoms with Crippen molar-refractivity contribution in [3.63, 3.8) is 0 Å². The van der Waals surface area contributed by atoms with Gasteiger partial charge in [0.1, 0.15) is 24.1 Å². The minimum absolute atomic E-state index is 0.0150. The van der Waals surface area contributed by atoms with Gasteiger partial charge in [-0.3, -0.25) is 33.7 Å². The molecule has 3 aliphatic rings. The van der Waals surface area contributed by atoms with Crippen LogP contribution in [0.25, 0.3) is 21.7 Å². The number of amides is 8. The number of benzene rings is 4. The van der Waals surface area contributed by atoms with Gasteiger partial charge in [0.25, 0.3) is 5.91 Å². The summed E-state index contributed by atoms with van der Waals surface area (Å²) in [5, 5.41) is 20.8. The van der Waals surface area contributed by atoms with Crippen molar-refractivity contribution in [2.45, 2.75) is 129 Å². The first kappa shape index (κ1) is 70.0. The molecule has 1 saturated heterocycles. The van der Waals surface area contributed by atoms with E-state index in [2.05, 4.69) is 57.7 Å². The summed E-state index contributed by atoms with van der Waals surface area (Å²) in [5.74, 6) is -1.38. The van der Waals surface area contributed by atoms with E-state index in [0.29, 0.717) is 117 Å². The zero-order valence-electron chi connectivity index (χ0n) is 54.3. The third-order valence-corrected chi connectivity index (χ3v) is 17.8. The normalized spacial score (nSPS) is 15.7. The van der Waals surface area contributed by atoms with Crippen LogP contribution in [-0.2, 0) is 46.5 Å². The Morgan fingerprint density at radius 1 is 0.793 bits per heavy atom. The van der Waals surface area contributed by atoms with Gasteiger partial charge < -0.3 is 71.5 Å². The molecule has 3 atom stereocenters. The number of anilines is 3. The van der Waals surface area contributed by atoms with Crippen LogP contribution in [0, 0.1) is 5.92 Å². The van der Waals surface area contributed by atoms with Crippen molar-refractivity contribution in [2.24, 2.45) is 11.7 Å². The van der Waals surface area contributed by atoms with E-state index in [1.54, 1.807) is 52.0 Å². The maximum Gasteiger partial charge on any atom is 0.415 e. The molecule has 0 aliphatic carbocycles. The molecule has 5 aromatic rings. The second-order valence-electron chi connectivity index (χ2n) is 25.5. The topological polar surface area (TPSA) is 291 Å². The molecule has 4 aromatic carbocycles. The second-order valence-corrected chi connectivity index (χ2v) is 26.1. The lowest BCUT2D eigenvalue weighted by Gasteiger charge is -2.31. The number of carbonyl (C=O) groups is 8. The number of carbonyl (C=O) groups excluding carboxylic acids is 8. The summed E-state index contributed by atoms with van der Waals surface area (Å²) in [6.45, 7) is 18.0. The minimum Gasteiger partial charge on any atom is -0.444 e. The lowest BCUT2D eigenvalue weighted by molar-refractivity contribution is -0.128. The number of halogens is 1. The van der Waals surface area contributed by atoms with Crippen LogP contribution in [0.4, 0.5) is 26.7 Å². The Labute approximate surface area is 547 Å². The lowest BCUT2D eigenvalue weighted by atomic mass is 9.95. The van der Waals surface area contributed by atoms with E-state index in [1.165, 1.54) is 6.08 Å². The summed E-state index contributed by atoms with van der Waals surface area (Å²) in [4.78, 5) is 117. The van der Waals surface area contributed by atoms with Gasteiger partial charge in [-0.15, -0.1) is 0 Å². The molecule has 0 unspecified atom stereocenters. The minimum atomic E-state index is -0.891. The number of piperazine rings is 1. The Balaban J connectivity index is 0.788. The quantitative estimate of drug-likeness (QED) is 0.0129. The van der Waals surface area contributed by atoms with Crippen LogP contribution >= 0.6 is 15.9 Å². The van der Waals surface area contributed by atoms with E-state index in [0.717, 1.165) is 45.9 Å². The van der Waals surface area contributed by atoms with E-state index in [-0.39, 0.29) is 73.9 Å². The molecule has 8 rings (SSSR count). The fourth-order valence-corrected chi connectivity index (χ4v) is 12.3. The number of alkyl halides is 1. The molecule has 496 valence electrons. The van der Waals surface area contributed by atoms with Crippen LogP contribution in [0.3, 0.4) is 0 Å². The molecule has 4 heterocycles. The number of hydrogen-bond donors (Lipinski definition) is 8. The standard InChI is InChI=1S/C68H91BrN12O11/c1-9-13-57(82)71-29-24-59(84)77-67(4,5)27-37-91-68(6,7)26-23-58(83)72-30-31-73-61(43(2)3)63(86)76-52(16-12-28-70)62(85)74-46-19-17-44(18-20-46)42-90-66(89)80-32-25-47-50-38-53(75-51(50)21-22-54(47)80)64(87)81-41-45(40-69)60-49-15-11-10-14-48(49)56(39-55(60)81)92-65(88)79-35-33-78(8)34-36-79/h9-11,13-15,17-22,38-39,43,45,52,61,73,75H,12,16,23-37,40-42,70H2,1-8H3,(H,71,82)(H,72,83)(H,74,85)(H,76,86)(H,77,84)/b13-9-/t45-,52+,61+/m1/s1. The molecule has 8 amide bonds. The number of nitrogens with one attached hydrogen (secondary N) is 7. The van der Waals surface area contributed by atoms with Crippen molar-refractivity contribution in [3.05, 3.63) is 107 Å². The summed E-state index contributed by atoms with van der Waals surface area (Å²) in [5.41, 5.74) is 10.3. The van der Waals surface area contributed by atoms with Crippen LogP contribution in [0.2, 0.25) is 0 Å². The Kier molecular flexibility index (Phi) is 24.4. The number of ether oxygens (including phenoxy) is 3. The summed E-state index contributed by atoms with van der Waals surface area (Å²) in [6.07, 6.45) is 4.77. The molecule has 1 fully saturated rings. The number of hydrogen-bond acceptors (Lipinski definition) is 14. The molecule has 23 nitrogen and oxygen atoms in total. The number of rotatable bonds is 29. The number of nitrogens with two attached hydrogens (primary N) is 1. The van der Waals surface area contributed by atoms with E-state index >= 15 is 0 Å². The summed E-state index contributed by atoms with van der Waals surface area (Å²) in [7, 11) is 2.03. The average molecular weight is 1330 g/mol. The highest BCUT2D eigenvalue weighted by molar-refractivity contribution is 9.09. The zero-order valence-corrected chi connectivity index (χ0v) is 55.9. The number of H-pyrrole nitrogens is 1. The third kappa shape index (κ3) is 18.4. The van der Waals surface area contributed by atoms with Crippen LogP contribution in [0.1, 0.15) is 120 Å². The van der Waals surface area contributed by atoms with E-state index < -0.39 is 41.3 Å². The Bertz CT molecular complexity index is 3490. The van der Waals surface area contributed by atoms with E-state index in [9.17, 15) is 38.4 Å². The van der Waals surface area contributed by atoms with Crippen molar-refractivity contribution in [1.29, 1.82) is 0 Å². The maximum atomic E-state index is 14.7. The maximum absolute atomic E-state index is 14.7. The summed E-state index contributed by atoms with van der Waals surface area (Å²) < 4.78 is 18.1. The lowest BCUT2D eigenvalue weighted by Crippen LogP contribution is -2.54. The monoisotopic (exact) mass is 1330 g/mol. The number of aromatic nitrogens is 1. The van der Waals surface area contributed by atoms with Gasteiger partial charge in [0.15, 0.2) is 0 Å². The molecular formula is C68H91BrN12O11. The van der Waals surface area contributed by atoms with Gasteiger partial charge in [0, 0.05) is 123 Å². The highest BCUT2D eigenvalue weighted by Crippen LogP contribution is 2.47. The highest BCUT2D eigenvalue weighted by Gasteiger charge is 2.38. The number of likely N-dealkylation sites (N-methyl/N-ethyl adjacent to an activating group) is 1. The Morgan fingerprint density at radius 3 is 2.24 bits per heavy atom. The van der Waals surface area contributed by atoms with Gasteiger partial charge in [-0.05, 0) is 145 Å². The Morgan fingerprint density at radius 2 is 1.53 bits per heavy atom. The number of nitrogens with zero attached hydrogens (tertiary/aromatic N) is 4. The average Bonchev–Trinajstić information content (AvgIpc) is 1.56. The fourth-order valence-electron chi connectivity index (χ4n) is 11.7. The van der Waals surface area contributed by atoms with Crippen molar-refractivity contribution in [2.75, 3.05) is 99.5 Å². The van der Waals surface area contributed by atoms with Crippen LogP contribution in [0.15, 0.2) is 84.9 Å². The molecule has 92 heavy (non-hydrogen) atoms. The Hall–Kier alpha value is -7.90. The largest absolute Gasteiger partial charge is 0.444 e. The molecule has 0 spiro atoms. The SMILES string of the molecule is C/C=C\C(=O)NCCC(=O)NC(C)(C)CCOC(C)(C)CCC(=O)NCCN[C@H](C(=O)N[C@@H](CCCN)C(=O)Nc1ccc(COC(=O)N2CCc3c2ccc2[nH]c(C(=O)N4C[C@@H](CBr)c5c4cc(OC(=O)N4CCN(C)CC4)c4ccccc54)cc32)cc1)C(C)C. The molecule has 3 aliphatic heterocycles. The third-order valence-electron chi connectivity index (χ3n) is 17.0. The first-order valence-electron chi connectivity index (χ1n) is 31.9. The molecule has 0 bridgehead atoms. The number of allylic oxidation sites excluding steroid dienone is 1. The van der Waals surface area contributed by atoms with Crippen molar-refractivity contribution in [3.8, 4) is 5.75 Å². The summed E-state index contributed by atoms with van der Waals surface area (Å²) in [6, 6.07) is 20.6. The van der Waals surface area contributed by atoms with Gasteiger partial charge in [-0.2, -0.15) is 0 Å². The predicted molar refractivity (Wildman–Crippen MR) is 360 cm³/mol. The molecule has 0 radical (unpaired) electrons.